The molecule has 0 aromatic heterocycles. The molecule has 1 saturated carbocycles. The summed E-state index contributed by atoms with van der Waals surface area (Å²) in [6, 6.07) is 5.21. The molecule has 0 saturated heterocycles. The maximum Gasteiger partial charge on any atom is 0.130 e. The molecule has 1 N–H and O–H groups in total. The Bertz CT molecular complexity index is 336. The largest absolute Gasteiger partial charge is 0.508 e. The third kappa shape index (κ3) is 1.27. The van der Waals surface area contributed by atoms with Crippen LogP contribution in [-0.4, -0.2) is 11.4 Å². The molecule has 0 atom stereocenters. The van der Waals surface area contributed by atoms with E-state index in [2.05, 4.69) is 15.9 Å². The van der Waals surface area contributed by atoms with Crippen LogP contribution in [0.2, 0.25) is 0 Å². The first-order valence-electron chi connectivity index (χ1n) is 4.14. The lowest BCUT2D eigenvalue weighted by Gasteiger charge is -2.11. The predicted octanol–water partition coefficient (Wildman–Crippen LogP) is 2.39. The van der Waals surface area contributed by atoms with Gasteiger partial charge in [0.2, 0.25) is 0 Å². The Balaban J connectivity index is 2.56. The van der Waals surface area contributed by atoms with Crippen molar-refractivity contribution in [2.24, 2.45) is 0 Å². The summed E-state index contributed by atoms with van der Waals surface area (Å²) >= 11 is 3.34. The number of hydrogen-bond donors (Lipinski definition) is 1. The first kappa shape index (κ1) is 8.75. The molecule has 0 unspecified atom stereocenters. The van der Waals surface area contributed by atoms with Gasteiger partial charge in [-0.2, -0.15) is 0 Å². The third-order valence-corrected chi connectivity index (χ3v) is 3.16. The normalized spacial score (nSPS) is 18.2. The second-order valence-corrected chi connectivity index (χ2v) is 4.26. The standard InChI is InChI=1S/C10H9BrO2/c11-7-2-1-3-8(13)9(7)10(6-12)4-5-10/h1-3,6,13H,4-5H2. The topological polar surface area (TPSA) is 37.3 Å². The molecule has 0 bridgehead atoms. The molecule has 0 radical (unpaired) electrons. The van der Waals surface area contributed by atoms with Crippen molar-refractivity contribution in [3.63, 3.8) is 0 Å². The first-order chi connectivity index (χ1) is 6.19. The van der Waals surface area contributed by atoms with E-state index in [0.717, 1.165) is 29.2 Å². The van der Waals surface area contributed by atoms with Crippen LogP contribution in [0.25, 0.3) is 0 Å². The van der Waals surface area contributed by atoms with Gasteiger partial charge >= 0.3 is 0 Å². The van der Waals surface area contributed by atoms with Gasteiger partial charge in [-0.15, -0.1) is 0 Å². The summed E-state index contributed by atoms with van der Waals surface area (Å²) in [7, 11) is 0. The highest BCUT2D eigenvalue weighted by atomic mass is 79.9. The molecule has 1 aliphatic rings. The van der Waals surface area contributed by atoms with E-state index in [1.165, 1.54) is 0 Å². The van der Waals surface area contributed by atoms with Gasteiger partial charge in [0.15, 0.2) is 0 Å². The van der Waals surface area contributed by atoms with Crippen LogP contribution >= 0.6 is 15.9 Å². The second kappa shape index (κ2) is 2.84. The van der Waals surface area contributed by atoms with E-state index in [1.54, 1.807) is 12.1 Å². The fourth-order valence-electron chi connectivity index (χ4n) is 1.57. The molecule has 0 aliphatic heterocycles. The molecule has 1 aromatic carbocycles. The third-order valence-electron chi connectivity index (χ3n) is 2.50. The van der Waals surface area contributed by atoms with Crippen LogP contribution < -0.4 is 0 Å². The lowest BCUT2D eigenvalue weighted by molar-refractivity contribution is -0.109. The predicted molar refractivity (Wildman–Crippen MR) is 52.8 cm³/mol. The van der Waals surface area contributed by atoms with Gasteiger partial charge in [-0.05, 0) is 25.0 Å². The average Bonchev–Trinajstić information content (AvgIpc) is 2.85. The molecule has 1 fully saturated rings. The summed E-state index contributed by atoms with van der Waals surface area (Å²) in [5, 5.41) is 9.61. The zero-order valence-electron chi connectivity index (χ0n) is 6.96. The average molecular weight is 241 g/mol. The molecule has 3 heteroatoms. The van der Waals surface area contributed by atoms with Crippen LogP contribution in [0, 0.1) is 0 Å². The van der Waals surface area contributed by atoms with E-state index in [1.807, 2.05) is 6.07 Å². The van der Waals surface area contributed by atoms with E-state index in [4.69, 9.17) is 0 Å². The molecular weight excluding hydrogens is 232 g/mol. The molecule has 2 nitrogen and oxygen atoms in total. The number of phenolic OH excluding ortho intramolecular Hbond substituents is 1. The van der Waals surface area contributed by atoms with Gasteiger partial charge in [-0.1, -0.05) is 22.0 Å². The minimum absolute atomic E-state index is 0.207. The Hall–Kier alpha value is -0.830. The number of aldehydes is 1. The summed E-state index contributed by atoms with van der Waals surface area (Å²) in [4.78, 5) is 10.9. The fraction of sp³-hybridized carbons (Fsp3) is 0.300. The van der Waals surface area contributed by atoms with Gasteiger partial charge in [-0.25, -0.2) is 0 Å². The van der Waals surface area contributed by atoms with Crippen molar-refractivity contribution in [2.75, 3.05) is 0 Å². The van der Waals surface area contributed by atoms with Crippen molar-refractivity contribution in [2.45, 2.75) is 18.3 Å². The van der Waals surface area contributed by atoms with Crippen molar-refractivity contribution in [3.05, 3.63) is 28.2 Å². The number of carbonyl (C=O) groups is 1. The van der Waals surface area contributed by atoms with Crippen molar-refractivity contribution in [3.8, 4) is 5.75 Å². The highest BCUT2D eigenvalue weighted by Gasteiger charge is 2.47. The van der Waals surface area contributed by atoms with Gasteiger partial charge in [0.25, 0.3) is 0 Å². The molecule has 13 heavy (non-hydrogen) atoms. The molecule has 2 rings (SSSR count). The Morgan fingerprint density at radius 3 is 2.62 bits per heavy atom. The highest BCUT2D eigenvalue weighted by Crippen LogP contribution is 2.51. The van der Waals surface area contributed by atoms with Crippen molar-refractivity contribution in [1.82, 2.24) is 0 Å². The highest BCUT2D eigenvalue weighted by molar-refractivity contribution is 9.10. The Kier molecular flexibility index (Phi) is 1.91. The van der Waals surface area contributed by atoms with E-state index in [-0.39, 0.29) is 5.75 Å². The molecule has 0 amide bonds. The van der Waals surface area contributed by atoms with E-state index in [9.17, 15) is 9.90 Å². The van der Waals surface area contributed by atoms with Crippen LogP contribution in [0.1, 0.15) is 18.4 Å². The monoisotopic (exact) mass is 240 g/mol. The summed E-state index contributed by atoms with van der Waals surface area (Å²) in [5.41, 5.74) is 0.328. The quantitative estimate of drug-likeness (QED) is 0.807. The van der Waals surface area contributed by atoms with Gasteiger partial charge in [-0.3, -0.25) is 0 Å². The number of rotatable bonds is 2. The SMILES string of the molecule is O=CC1(c2c(O)cccc2Br)CC1. The molecular formula is C10H9BrO2. The Morgan fingerprint density at radius 1 is 1.46 bits per heavy atom. The maximum atomic E-state index is 10.9. The van der Waals surface area contributed by atoms with E-state index in [0.29, 0.717) is 0 Å². The molecule has 68 valence electrons. The number of halogens is 1. The van der Waals surface area contributed by atoms with Crippen LogP contribution in [0.15, 0.2) is 22.7 Å². The van der Waals surface area contributed by atoms with Crippen molar-refractivity contribution < 1.29 is 9.90 Å². The van der Waals surface area contributed by atoms with Crippen molar-refractivity contribution >= 4 is 22.2 Å². The number of hydrogen-bond acceptors (Lipinski definition) is 2. The first-order valence-corrected chi connectivity index (χ1v) is 4.93. The molecule has 1 aromatic rings. The summed E-state index contributed by atoms with van der Waals surface area (Å²) in [6.45, 7) is 0. The summed E-state index contributed by atoms with van der Waals surface area (Å²) in [6.07, 6.45) is 2.62. The van der Waals surface area contributed by atoms with E-state index >= 15 is 0 Å². The fourth-order valence-corrected chi connectivity index (χ4v) is 2.32. The number of phenols is 1. The molecule has 1 aliphatic carbocycles. The van der Waals surface area contributed by atoms with Gasteiger partial charge in [0.05, 0.1) is 5.41 Å². The van der Waals surface area contributed by atoms with Crippen molar-refractivity contribution in [1.29, 1.82) is 0 Å². The van der Waals surface area contributed by atoms with E-state index < -0.39 is 5.41 Å². The second-order valence-electron chi connectivity index (χ2n) is 3.41. The number of carbonyl (C=O) groups excluding carboxylic acids is 1. The lowest BCUT2D eigenvalue weighted by Crippen LogP contribution is -2.08. The van der Waals surface area contributed by atoms with Gasteiger partial charge in [0.1, 0.15) is 12.0 Å². The zero-order valence-corrected chi connectivity index (χ0v) is 8.54. The van der Waals surface area contributed by atoms with Crippen LogP contribution in [0.4, 0.5) is 0 Å². The van der Waals surface area contributed by atoms with Gasteiger partial charge in [0, 0.05) is 10.0 Å². The summed E-state index contributed by atoms with van der Waals surface area (Å²) in [5.74, 6) is 0.207. The molecule has 0 spiro atoms. The van der Waals surface area contributed by atoms with Crippen LogP contribution in [0.3, 0.4) is 0 Å². The van der Waals surface area contributed by atoms with Crippen LogP contribution in [0.5, 0.6) is 5.75 Å². The lowest BCUT2D eigenvalue weighted by atomic mass is 9.97. The number of benzene rings is 1. The summed E-state index contributed by atoms with van der Waals surface area (Å²) < 4.78 is 0.817. The van der Waals surface area contributed by atoms with Crippen LogP contribution in [-0.2, 0) is 10.2 Å². The zero-order chi connectivity index (χ0) is 9.47. The smallest absolute Gasteiger partial charge is 0.130 e. The maximum absolute atomic E-state index is 10.9. The Labute approximate surface area is 84.7 Å². The minimum Gasteiger partial charge on any atom is -0.508 e. The minimum atomic E-state index is -0.413. The Morgan fingerprint density at radius 2 is 2.15 bits per heavy atom. The molecule has 0 heterocycles. The number of aromatic hydroxyl groups is 1. The van der Waals surface area contributed by atoms with Gasteiger partial charge < -0.3 is 9.90 Å².